The summed E-state index contributed by atoms with van der Waals surface area (Å²) in [4.78, 5) is 13.4. The molecule has 0 atom stereocenters. The Bertz CT molecular complexity index is 421. The number of hydrogen-bond acceptors (Lipinski definition) is 2. The van der Waals surface area contributed by atoms with E-state index in [0.717, 1.165) is 5.75 Å². The third kappa shape index (κ3) is 4.56. The Labute approximate surface area is 112 Å². The van der Waals surface area contributed by atoms with Gasteiger partial charge in [-0.1, -0.05) is 13.8 Å². The summed E-state index contributed by atoms with van der Waals surface area (Å²) in [5.41, 5.74) is 0.472. The van der Waals surface area contributed by atoms with E-state index in [4.69, 9.17) is 0 Å². The SMILES string of the molecule is CC(C)CSc1ccc(NC(=O)N(C)C)cc1F. The van der Waals surface area contributed by atoms with Crippen LogP contribution in [-0.2, 0) is 0 Å². The minimum atomic E-state index is -0.294. The number of nitrogens with one attached hydrogen (secondary N) is 1. The summed E-state index contributed by atoms with van der Waals surface area (Å²) in [5, 5.41) is 2.61. The predicted molar refractivity (Wildman–Crippen MR) is 74.7 cm³/mol. The Balaban J connectivity index is 2.70. The van der Waals surface area contributed by atoms with Crippen molar-refractivity contribution in [1.29, 1.82) is 0 Å². The molecule has 0 aliphatic heterocycles. The van der Waals surface area contributed by atoms with Crippen LogP contribution in [0.3, 0.4) is 0 Å². The van der Waals surface area contributed by atoms with Crippen LogP contribution in [-0.4, -0.2) is 30.8 Å². The van der Waals surface area contributed by atoms with Crippen molar-refractivity contribution < 1.29 is 9.18 Å². The summed E-state index contributed by atoms with van der Waals surface area (Å²) in [6.45, 7) is 4.19. The third-order valence-electron chi connectivity index (χ3n) is 2.16. The van der Waals surface area contributed by atoms with E-state index >= 15 is 0 Å². The lowest BCUT2D eigenvalue weighted by Crippen LogP contribution is -2.27. The zero-order valence-corrected chi connectivity index (χ0v) is 12.0. The second-order valence-electron chi connectivity index (χ2n) is 4.67. The van der Waals surface area contributed by atoms with Crippen LogP contribution in [0.4, 0.5) is 14.9 Å². The van der Waals surface area contributed by atoms with E-state index in [2.05, 4.69) is 19.2 Å². The molecule has 1 rings (SSSR count). The van der Waals surface area contributed by atoms with Crippen molar-refractivity contribution in [2.24, 2.45) is 5.92 Å². The van der Waals surface area contributed by atoms with Gasteiger partial charge in [0.2, 0.25) is 0 Å². The van der Waals surface area contributed by atoms with Gasteiger partial charge in [0.05, 0.1) is 0 Å². The molecule has 0 spiro atoms. The summed E-state index contributed by atoms with van der Waals surface area (Å²) >= 11 is 1.49. The van der Waals surface area contributed by atoms with Gasteiger partial charge in [0.15, 0.2) is 0 Å². The summed E-state index contributed by atoms with van der Waals surface area (Å²) in [6.07, 6.45) is 0. The molecule has 0 unspecified atom stereocenters. The maximum absolute atomic E-state index is 13.8. The summed E-state index contributed by atoms with van der Waals surface area (Å²) in [7, 11) is 3.27. The number of urea groups is 1. The fourth-order valence-corrected chi connectivity index (χ4v) is 2.06. The first-order chi connectivity index (χ1) is 8.40. The number of halogens is 1. The normalized spacial score (nSPS) is 10.6. The number of rotatable bonds is 4. The number of amides is 2. The van der Waals surface area contributed by atoms with Gasteiger partial charge in [0.25, 0.3) is 0 Å². The molecule has 0 saturated heterocycles. The molecule has 1 aromatic rings. The van der Waals surface area contributed by atoms with Crippen molar-refractivity contribution in [3.8, 4) is 0 Å². The number of anilines is 1. The van der Waals surface area contributed by atoms with Crippen LogP contribution >= 0.6 is 11.8 Å². The van der Waals surface area contributed by atoms with Crippen molar-refractivity contribution in [1.82, 2.24) is 4.90 Å². The summed E-state index contributed by atoms with van der Waals surface area (Å²) in [5.74, 6) is 1.10. The van der Waals surface area contributed by atoms with Crippen LogP contribution in [0.2, 0.25) is 0 Å². The molecular weight excluding hydrogens is 251 g/mol. The van der Waals surface area contributed by atoms with Crippen LogP contribution in [0.5, 0.6) is 0 Å². The Morgan fingerprint density at radius 2 is 2.11 bits per heavy atom. The molecule has 0 radical (unpaired) electrons. The highest BCUT2D eigenvalue weighted by atomic mass is 32.2. The quantitative estimate of drug-likeness (QED) is 0.847. The minimum absolute atomic E-state index is 0.267. The molecule has 18 heavy (non-hydrogen) atoms. The predicted octanol–water partition coefficient (Wildman–Crippen LogP) is 3.67. The van der Waals surface area contributed by atoms with Crippen molar-refractivity contribution in [2.45, 2.75) is 18.7 Å². The largest absolute Gasteiger partial charge is 0.331 e. The number of nitrogens with zero attached hydrogens (tertiary/aromatic N) is 1. The van der Waals surface area contributed by atoms with E-state index in [1.807, 2.05) is 0 Å². The van der Waals surface area contributed by atoms with Gasteiger partial charge in [0.1, 0.15) is 5.82 Å². The van der Waals surface area contributed by atoms with E-state index in [0.29, 0.717) is 16.5 Å². The monoisotopic (exact) mass is 270 g/mol. The van der Waals surface area contributed by atoms with Crippen LogP contribution in [0.15, 0.2) is 23.1 Å². The molecule has 0 bridgehead atoms. The molecule has 1 aromatic carbocycles. The number of benzene rings is 1. The molecule has 100 valence electrons. The molecular formula is C13H19FN2OS. The average Bonchev–Trinajstić information content (AvgIpc) is 2.27. The Kier molecular flexibility index (Phi) is 5.47. The molecule has 0 aliphatic carbocycles. The van der Waals surface area contributed by atoms with E-state index in [1.54, 1.807) is 26.2 Å². The van der Waals surface area contributed by atoms with Crippen LogP contribution in [0, 0.1) is 11.7 Å². The van der Waals surface area contributed by atoms with Gasteiger partial charge in [0, 0.05) is 30.4 Å². The zero-order chi connectivity index (χ0) is 13.7. The minimum Gasteiger partial charge on any atom is -0.331 e. The lowest BCUT2D eigenvalue weighted by Gasteiger charge is -2.13. The highest BCUT2D eigenvalue weighted by Crippen LogP contribution is 2.26. The van der Waals surface area contributed by atoms with Gasteiger partial charge < -0.3 is 10.2 Å². The molecule has 2 amide bonds. The van der Waals surface area contributed by atoms with Gasteiger partial charge in [-0.3, -0.25) is 0 Å². The average molecular weight is 270 g/mol. The number of thioether (sulfide) groups is 1. The van der Waals surface area contributed by atoms with Crippen LogP contribution in [0.1, 0.15) is 13.8 Å². The van der Waals surface area contributed by atoms with E-state index in [-0.39, 0.29) is 11.8 Å². The molecule has 0 aromatic heterocycles. The fraction of sp³-hybridized carbons (Fsp3) is 0.462. The highest BCUT2D eigenvalue weighted by molar-refractivity contribution is 7.99. The summed E-state index contributed by atoms with van der Waals surface area (Å²) in [6, 6.07) is 4.50. The maximum Gasteiger partial charge on any atom is 0.321 e. The maximum atomic E-state index is 13.8. The van der Waals surface area contributed by atoms with Gasteiger partial charge in [-0.15, -0.1) is 11.8 Å². The number of hydrogen-bond donors (Lipinski definition) is 1. The molecule has 0 heterocycles. The van der Waals surface area contributed by atoms with Gasteiger partial charge in [-0.05, 0) is 24.1 Å². The van der Waals surface area contributed by atoms with Crippen LogP contribution < -0.4 is 5.32 Å². The lowest BCUT2D eigenvalue weighted by atomic mass is 10.3. The second kappa shape index (κ2) is 6.64. The van der Waals surface area contributed by atoms with Crippen molar-refractivity contribution in [2.75, 3.05) is 25.2 Å². The first-order valence-corrected chi connectivity index (χ1v) is 6.79. The lowest BCUT2D eigenvalue weighted by molar-refractivity contribution is 0.230. The van der Waals surface area contributed by atoms with Gasteiger partial charge >= 0.3 is 6.03 Å². The molecule has 0 aliphatic rings. The highest BCUT2D eigenvalue weighted by Gasteiger charge is 2.08. The Morgan fingerprint density at radius 1 is 1.44 bits per heavy atom. The third-order valence-corrected chi connectivity index (χ3v) is 3.64. The topological polar surface area (TPSA) is 32.3 Å². The fourth-order valence-electron chi connectivity index (χ4n) is 1.19. The first-order valence-electron chi connectivity index (χ1n) is 5.80. The van der Waals surface area contributed by atoms with Crippen molar-refractivity contribution >= 4 is 23.5 Å². The molecule has 5 heteroatoms. The number of carbonyl (C=O) groups excluding carboxylic acids is 1. The smallest absolute Gasteiger partial charge is 0.321 e. The van der Waals surface area contributed by atoms with E-state index in [9.17, 15) is 9.18 Å². The van der Waals surface area contributed by atoms with Gasteiger partial charge in [-0.25, -0.2) is 9.18 Å². The zero-order valence-electron chi connectivity index (χ0n) is 11.2. The molecule has 3 nitrogen and oxygen atoms in total. The number of carbonyl (C=O) groups is 1. The van der Waals surface area contributed by atoms with Gasteiger partial charge in [-0.2, -0.15) is 0 Å². The van der Waals surface area contributed by atoms with Crippen molar-refractivity contribution in [3.63, 3.8) is 0 Å². The Morgan fingerprint density at radius 3 is 2.61 bits per heavy atom. The summed E-state index contributed by atoms with van der Waals surface area (Å²) < 4.78 is 13.8. The molecule has 0 fully saturated rings. The standard InChI is InChI=1S/C13H19FN2OS/c1-9(2)8-18-12-6-5-10(7-11(12)14)15-13(17)16(3)4/h5-7,9H,8H2,1-4H3,(H,15,17). The molecule has 0 saturated carbocycles. The second-order valence-corrected chi connectivity index (χ2v) is 5.74. The molecule has 1 N–H and O–H groups in total. The van der Waals surface area contributed by atoms with Crippen molar-refractivity contribution in [3.05, 3.63) is 24.0 Å². The van der Waals surface area contributed by atoms with E-state index < -0.39 is 0 Å². The Hall–Kier alpha value is -1.23. The first kappa shape index (κ1) is 14.8. The van der Waals surface area contributed by atoms with Crippen LogP contribution in [0.25, 0.3) is 0 Å². The van der Waals surface area contributed by atoms with E-state index in [1.165, 1.54) is 22.7 Å².